The summed E-state index contributed by atoms with van der Waals surface area (Å²) in [4.78, 5) is 11.0. The summed E-state index contributed by atoms with van der Waals surface area (Å²) in [5, 5.41) is 3.32. The number of carbonyl (C=O) groups is 1. The minimum absolute atomic E-state index is 0.294. The second kappa shape index (κ2) is 6.95. The number of carbonyl (C=O) groups excluding carboxylic acids is 1. The molecule has 0 spiro atoms. The average molecular weight is 262 g/mol. The Morgan fingerprint density at radius 3 is 2.79 bits per heavy atom. The normalized spacial score (nSPS) is 11.1. The van der Waals surface area contributed by atoms with E-state index in [0.717, 1.165) is 11.3 Å². The summed E-state index contributed by atoms with van der Waals surface area (Å²) >= 11 is 0. The van der Waals surface area contributed by atoms with Gasteiger partial charge < -0.3 is 15.8 Å². The van der Waals surface area contributed by atoms with E-state index in [1.165, 1.54) is 0 Å². The standard InChI is InChI=1S/C15H22N2O2/c1-4-9-19-13-8-6-5-7-12(13)11-17-15(2,3)10-14(16)18/h4-8,17H,1,9-11H2,2-3H3,(H2,16,18). The van der Waals surface area contributed by atoms with Crippen molar-refractivity contribution < 1.29 is 9.53 Å². The number of nitrogens with two attached hydrogens (primary N) is 1. The van der Waals surface area contributed by atoms with E-state index < -0.39 is 0 Å². The molecule has 0 unspecified atom stereocenters. The van der Waals surface area contributed by atoms with E-state index in [1.54, 1.807) is 6.08 Å². The molecule has 1 rings (SSSR count). The molecule has 0 fully saturated rings. The lowest BCUT2D eigenvalue weighted by atomic mass is 10.00. The van der Waals surface area contributed by atoms with E-state index >= 15 is 0 Å². The van der Waals surface area contributed by atoms with Crippen molar-refractivity contribution in [2.75, 3.05) is 6.61 Å². The summed E-state index contributed by atoms with van der Waals surface area (Å²) in [6.07, 6.45) is 2.00. The largest absolute Gasteiger partial charge is 0.489 e. The maximum atomic E-state index is 11.0. The number of nitrogens with one attached hydrogen (secondary N) is 1. The molecule has 0 aliphatic carbocycles. The smallest absolute Gasteiger partial charge is 0.219 e. The highest BCUT2D eigenvalue weighted by Crippen LogP contribution is 2.19. The zero-order valence-electron chi connectivity index (χ0n) is 11.6. The molecule has 0 heterocycles. The lowest BCUT2D eigenvalue weighted by Gasteiger charge is -2.25. The molecular formula is C15H22N2O2. The number of amides is 1. The predicted molar refractivity (Wildman–Crippen MR) is 76.9 cm³/mol. The summed E-state index contributed by atoms with van der Waals surface area (Å²) in [6, 6.07) is 7.79. The van der Waals surface area contributed by atoms with Gasteiger partial charge in [-0.2, -0.15) is 0 Å². The summed E-state index contributed by atoms with van der Waals surface area (Å²) in [6.45, 7) is 8.62. The number of hydrogen-bond donors (Lipinski definition) is 2. The molecule has 104 valence electrons. The first kappa shape index (κ1) is 15.2. The van der Waals surface area contributed by atoms with Crippen LogP contribution in [0.15, 0.2) is 36.9 Å². The lowest BCUT2D eigenvalue weighted by Crippen LogP contribution is -2.42. The quantitative estimate of drug-likeness (QED) is 0.704. The van der Waals surface area contributed by atoms with Crippen LogP contribution in [0.4, 0.5) is 0 Å². The Kier molecular flexibility index (Phi) is 5.57. The molecule has 3 N–H and O–H groups in total. The van der Waals surface area contributed by atoms with E-state index in [9.17, 15) is 4.79 Å². The van der Waals surface area contributed by atoms with Gasteiger partial charge in [-0.3, -0.25) is 4.79 Å². The summed E-state index contributed by atoms with van der Waals surface area (Å²) in [7, 11) is 0. The fraction of sp³-hybridized carbons (Fsp3) is 0.400. The number of primary amides is 1. The third-order valence-electron chi connectivity index (χ3n) is 2.70. The molecule has 0 aromatic heterocycles. The fourth-order valence-corrected chi connectivity index (χ4v) is 1.77. The Morgan fingerprint density at radius 1 is 1.47 bits per heavy atom. The highest BCUT2D eigenvalue weighted by atomic mass is 16.5. The van der Waals surface area contributed by atoms with E-state index in [2.05, 4.69) is 11.9 Å². The second-order valence-electron chi connectivity index (χ2n) is 5.09. The van der Waals surface area contributed by atoms with Gasteiger partial charge in [0.25, 0.3) is 0 Å². The van der Waals surface area contributed by atoms with Crippen molar-refractivity contribution in [1.29, 1.82) is 0 Å². The van der Waals surface area contributed by atoms with Crippen LogP contribution in [0.1, 0.15) is 25.8 Å². The molecule has 0 atom stereocenters. The van der Waals surface area contributed by atoms with Crippen molar-refractivity contribution in [2.45, 2.75) is 32.4 Å². The number of rotatable bonds is 8. The number of para-hydroxylation sites is 1. The van der Waals surface area contributed by atoms with Crippen LogP contribution >= 0.6 is 0 Å². The first-order chi connectivity index (χ1) is 8.94. The van der Waals surface area contributed by atoms with Gasteiger partial charge in [0, 0.05) is 24.1 Å². The first-order valence-electron chi connectivity index (χ1n) is 6.29. The van der Waals surface area contributed by atoms with Crippen molar-refractivity contribution in [3.63, 3.8) is 0 Å². The van der Waals surface area contributed by atoms with Crippen LogP contribution in [0.5, 0.6) is 5.75 Å². The molecule has 0 bridgehead atoms. The Balaban J connectivity index is 2.66. The van der Waals surface area contributed by atoms with Crippen LogP contribution in [0.2, 0.25) is 0 Å². The average Bonchev–Trinajstić information content (AvgIpc) is 2.33. The first-order valence-corrected chi connectivity index (χ1v) is 6.29. The second-order valence-corrected chi connectivity index (χ2v) is 5.09. The molecule has 0 saturated heterocycles. The molecule has 4 heteroatoms. The van der Waals surface area contributed by atoms with Gasteiger partial charge in [-0.25, -0.2) is 0 Å². The maximum Gasteiger partial charge on any atom is 0.219 e. The van der Waals surface area contributed by atoms with Gasteiger partial charge in [-0.15, -0.1) is 0 Å². The monoisotopic (exact) mass is 262 g/mol. The Bertz CT molecular complexity index is 442. The van der Waals surface area contributed by atoms with Crippen molar-refractivity contribution in [3.8, 4) is 5.75 Å². The van der Waals surface area contributed by atoms with Crippen molar-refractivity contribution in [1.82, 2.24) is 5.32 Å². The summed E-state index contributed by atoms with van der Waals surface area (Å²) < 4.78 is 5.58. The third-order valence-corrected chi connectivity index (χ3v) is 2.70. The zero-order valence-corrected chi connectivity index (χ0v) is 11.6. The predicted octanol–water partition coefficient (Wildman–Crippen LogP) is 1.99. The SMILES string of the molecule is C=CCOc1ccccc1CNC(C)(C)CC(N)=O. The number of hydrogen-bond acceptors (Lipinski definition) is 3. The maximum absolute atomic E-state index is 11.0. The third kappa shape index (κ3) is 5.57. The van der Waals surface area contributed by atoms with Gasteiger partial charge in [0.15, 0.2) is 0 Å². The van der Waals surface area contributed by atoms with Gasteiger partial charge >= 0.3 is 0 Å². The minimum Gasteiger partial charge on any atom is -0.489 e. The highest BCUT2D eigenvalue weighted by molar-refractivity contribution is 5.75. The summed E-state index contributed by atoms with van der Waals surface area (Å²) in [5.74, 6) is 0.512. The Morgan fingerprint density at radius 2 is 2.16 bits per heavy atom. The topological polar surface area (TPSA) is 64.3 Å². The molecule has 4 nitrogen and oxygen atoms in total. The van der Waals surface area contributed by atoms with Crippen molar-refractivity contribution in [3.05, 3.63) is 42.5 Å². The van der Waals surface area contributed by atoms with E-state index in [-0.39, 0.29) is 11.4 Å². The van der Waals surface area contributed by atoms with Gasteiger partial charge in [0.1, 0.15) is 12.4 Å². The van der Waals surface area contributed by atoms with Crippen LogP contribution in [-0.4, -0.2) is 18.1 Å². The zero-order chi connectivity index (χ0) is 14.3. The minimum atomic E-state index is -0.336. The Hall–Kier alpha value is -1.81. The van der Waals surface area contributed by atoms with Gasteiger partial charge in [0.2, 0.25) is 5.91 Å². The molecular weight excluding hydrogens is 240 g/mol. The highest BCUT2D eigenvalue weighted by Gasteiger charge is 2.20. The summed E-state index contributed by atoms with van der Waals surface area (Å²) in [5.41, 5.74) is 5.94. The molecule has 1 aromatic rings. The van der Waals surface area contributed by atoms with Crippen molar-refractivity contribution >= 4 is 5.91 Å². The molecule has 1 aromatic carbocycles. The van der Waals surface area contributed by atoms with Gasteiger partial charge in [-0.05, 0) is 19.9 Å². The van der Waals surface area contributed by atoms with Crippen LogP contribution in [0.25, 0.3) is 0 Å². The van der Waals surface area contributed by atoms with Crippen LogP contribution in [0.3, 0.4) is 0 Å². The fourth-order valence-electron chi connectivity index (χ4n) is 1.77. The van der Waals surface area contributed by atoms with Crippen LogP contribution < -0.4 is 15.8 Å². The molecule has 1 amide bonds. The Labute approximate surface area is 114 Å². The number of benzene rings is 1. The number of ether oxygens (including phenoxy) is 1. The van der Waals surface area contributed by atoms with E-state index in [4.69, 9.17) is 10.5 Å². The van der Waals surface area contributed by atoms with Crippen LogP contribution in [0, 0.1) is 0 Å². The molecule has 19 heavy (non-hydrogen) atoms. The van der Waals surface area contributed by atoms with E-state index in [0.29, 0.717) is 19.6 Å². The van der Waals surface area contributed by atoms with Gasteiger partial charge in [-0.1, -0.05) is 30.9 Å². The van der Waals surface area contributed by atoms with Crippen LogP contribution in [-0.2, 0) is 11.3 Å². The van der Waals surface area contributed by atoms with Gasteiger partial charge in [0.05, 0.1) is 0 Å². The molecule has 0 aliphatic rings. The lowest BCUT2D eigenvalue weighted by molar-refractivity contribution is -0.119. The van der Waals surface area contributed by atoms with Crippen molar-refractivity contribution in [2.24, 2.45) is 5.73 Å². The molecule has 0 saturated carbocycles. The molecule has 0 aliphatic heterocycles. The molecule has 0 radical (unpaired) electrons. The van der Waals surface area contributed by atoms with E-state index in [1.807, 2.05) is 38.1 Å².